The molecule has 3 aromatic rings. The summed E-state index contributed by atoms with van der Waals surface area (Å²) in [5, 5.41) is 0.544. The van der Waals surface area contributed by atoms with Gasteiger partial charge >= 0.3 is 5.97 Å². The number of carbonyl (C=O) groups is 2. The summed E-state index contributed by atoms with van der Waals surface area (Å²) in [4.78, 5) is 29.0. The highest BCUT2D eigenvalue weighted by Crippen LogP contribution is 2.23. The summed E-state index contributed by atoms with van der Waals surface area (Å²) in [6, 6.07) is 12.7. The summed E-state index contributed by atoms with van der Waals surface area (Å²) in [6.07, 6.45) is 2.96. The largest absolute Gasteiger partial charge is 0.497 e. The Morgan fingerprint density at radius 1 is 1.24 bits per heavy atom. The van der Waals surface area contributed by atoms with Gasteiger partial charge in [-0.05, 0) is 42.8 Å². The van der Waals surface area contributed by atoms with Gasteiger partial charge < -0.3 is 14.0 Å². The second-order valence-corrected chi connectivity index (χ2v) is 7.33. The lowest BCUT2D eigenvalue weighted by atomic mass is 10.2. The topological polar surface area (TPSA) is 69.9 Å². The Balaban J connectivity index is 2.00. The van der Waals surface area contributed by atoms with E-state index in [-0.39, 0.29) is 13.2 Å². The lowest BCUT2D eigenvalue weighted by molar-refractivity contribution is -0.143. The summed E-state index contributed by atoms with van der Waals surface area (Å²) in [5.74, 6) is -0.178. The van der Waals surface area contributed by atoms with Gasteiger partial charge in [-0.15, -0.1) is 0 Å². The zero-order valence-corrected chi connectivity index (χ0v) is 17.5. The molecular weight excluding hydrogens is 412 g/mol. The maximum Gasteiger partial charge on any atom is 0.326 e. The number of esters is 1. The molecule has 3 rings (SSSR count). The molecule has 0 spiro atoms. The van der Waals surface area contributed by atoms with Crippen LogP contribution in [-0.4, -0.2) is 30.2 Å². The molecule has 0 saturated heterocycles. The van der Waals surface area contributed by atoms with Crippen LogP contribution in [0, 0.1) is 0 Å². The van der Waals surface area contributed by atoms with Crippen LogP contribution < -0.4 is 9.54 Å². The zero-order chi connectivity index (χ0) is 20.8. The van der Waals surface area contributed by atoms with Crippen molar-refractivity contribution in [3.05, 3.63) is 63.9 Å². The molecule has 2 aromatic carbocycles. The van der Waals surface area contributed by atoms with Crippen LogP contribution in [0.15, 0.2) is 53.5 Å². The standard InChI is InChI=1S/C21H19ClN2O4S/c1-3-28-20(26)13-24-17-10-9-15(27-2)12-18(17)29-21(24)23-19(25)11-8-14-6-4-5-7-16(14)22/h4-12H,3,13H2,1-2H3. The first-order valence-electron chi connectivity index (χ1n) is 8.86. The van der Waals surface area contributed by atoms with E-state index in [4.69, 9.17) is 21.1 Å². The minimum Gasteiger partial charge on any atom is -0.497 e. The molecule has 0 saturated carbocycles. The number of carbonyl (C=O) groups excluding carboxylic acids is 2. The number of hydrogen-bond acceptors (Lipinski definition) is 5. The minimum atomic E-state index is -0.457. The maximum atomic E-state index is 12.4. The van der Waals surface area contributed by atoms with Gasteiger partial charge in [0.2, 0.25) is 0 Å². The van der Waals surface area contributed by atoms with Gasteiger partial charge in [0, 0.05) is 11.1 Å². The smallest absolute Gasteiger partial charge is 0.326 e. The molecule has 29 heavy (non-hydrogen) atoms. The molecule has 1 amide bonds. The fraction of sp³-hybridized carbons (Fsp3) is 0.190. The first-order chi connectivity index (χ1) is 14.0. The van der Waals surface area contributed by atoms with Crippen LogP contribution in [0.5, 0.6) is 5.75 Å². The van der Waals surface area contributed by atoms with Crippen LogP contribution >= 0.6 is 22.9 Å². The third kappa shape index (κ3) is 5.13. The van der Waals surface area contributed by atoms with Gasteiger partial charge in [-0.1, -0.05) is 41.1 Å². The van der Waals surface area contributed by atoms with E-state index < -0.39 is 11.9 Å². The Morgan fingerprint density at radius 2 is 2.03 bits per heavy atom. The molecule has 0 aliphatic rings. The van der Waals surface area contributed by atoms with E-state index in [9.17, 15) is 9.59 Å². The number of methoxy groups -OCH3 is 1. The highest BCUT2D eigenvalue weighted by atomic mass is 35.5. The Kier molecular flexibility index (Phi) is 6.85. The van der Waals surface area contributed by atoms with Crippen molar-refractivity contribution in [2.24, 2.45) is 4.99 Å². The summed E-state index contributed by atoms with van der Waals surface area (Å²) < 4.78 is 12.8. The average Bonchev–Trinajstić information content (AvgIpc) is 3.03. The van der Waals surface area contributed by atoms with Crippen molar-refractivity contribution in [2.75, 3.05) is 13.7 Å². The van der Waals surface area contributed by atoms with Gasteiger partial charge in [0.1, 0.15) is 12.3 Å². The highest BCUT2D eigenvalue weighted by Gasteiger charge is 2.12. The second kappa shape index (κ2) is 9.54. The van der Waals surface area contributed by atoms with Crippen molar-refractivity contribution in [1.82, 2.24) is 4.57 Å². The second-order valence-electron chi connectivity index (χ2n) is 5.91. The number of fused-ring (bicyclic) bond motifs is 1. The zero-order valence-electron chi connectivity index (χ0n) is 15.9. The molecule has 0 bridgehead atoms. The monoisotopic (exact) mass is 430 g/mol. The number of halogens is 1. The van der Waals surface area contributed by atoms with E-state index >= 15 is 0 Å². The Hall–Kier alpha value is -2.90. The van der Waals surface area contributed by atoms with Crippen molar-refractivity contribution >= 4 is 51.1 Å². The average molecular weight is 431 g/mol. The van der Waals surface area contributed by atoms with Gasteiger partial charge in [0.25, 0.3) is 5.91 Å². The lowest BCUT2D eigenvalue weighted by Crippen LogP contribution is -2.22. The predicted molar refractivity (Wildman–Crippen MR) is 114 cm³/mol. The molecule has 150 valence electrons. The van der Waals surface area contributed by atoms with E-state index in [1.807, 2.05) is 24.3 Å². The summed E-state index contributed by atoms with van der Waals surface area (Å²) in [7, 11) is 1.58. The van der Waals surface area contributed by atoms with Crippen LogP contribution in [-0.2, 0) is 20.9 Å². The molecule has 0 radical (unpaired) electrons. The third-order valence-corrected chi connectivity index (χ3v) is 5.38. The Morgan fingerprint density at radius 3 is 2.76 bits per heavy atom. The predicted octanol–water partition coefficient (Wildman–Crippen LogP) is 4.07. The summed E-state index contributed by atoms with van der Waals surface area (Å²) in [6.45, 7) is 1.98. The number of thiazole rings is 1. The summed E-state index contributed by atoms with van der Waals surface area (Å²) in [5.41, 5.74) is 1.49. The molecular formula is C21H19ClN2O4S. The number of rotatable bonds is 6. The van der Waals surface area contributed by atoms with Gasteiger partial charge in [-0.2, -0.15) is 4.99 Å². The Bertz CT molecular complexity index is 1150. The molecule has 1 aromatic heterocycles. The lowest BCUT2D eigenvalue weighted by Gasteiger charge is -2.05. The summed E-state index contributed by atoms with van der Waals surface area (Å²) >= 11 is 7.40. The minimum absolute atomic E-state index is 0.0412. The van der Waals surface area contributed by atoms with Crippen LogP contribution in [0.25, 0.3) is 16.3 Å². The fourth-order valence-electron chi connectivity index (χ4n) is 2.66. The van der Waals surface area contributed by atoms with Crippen molar-refractivity contribution in [1.29, 1.82) is 0 Å². The van der Waals surface area contributed by atoms with Gasteiger partial charge in [0.15, 0.2) is 4.80 Å². The van der Waals surface area contributed by atoms with Crippen molar-refractivity contribution in [3.63, 3.8) is 0 Å². The number of nitrogens with zero attached hydrogens (tertiary/aromatic N) is 2. The van der Waals surface area contributed by atoms with Crippen LogP contribution in [0.2, 0.25) is 5.02 Å². The number of ether oxygens (including phenoxy) is 2. The number of amides is 1. The molecule has 0 aliphatic carbocycles. The number of aromatic nitrogens is 1. The van der Waals surface area contributed by atoms with Gasteiger partial charge in [-0.25, -0.2) is 0 Å². The molecule has 0 unspecified atom stereocenters. The van der Waals surface area contributed by atoms with Crippen molar-refractivity contribution in [2.45, 2.75) is 13.5 Å². The van der Waals surface area contributed by atoms with Gasteiger partial charge in [-0.3, -0.25) is 9.59 Å². The molecule has 0 N–H and O–H groups in total. The third-order valence-electron chi connectivity index (χ3n) is 4.00. The maximum absolute atomic E-state index is 12.4. The van der Waals surface area contributed by atoms with Crippen molar-refractivity contribution in [3.8, 4) is 5.75 Å². The highest BCUT2D eigenvalue weighted by molar-refractivity contribution is 7.16. The van der Waals surface area contributed by atoms with E-state index in [1.165, 1.54) is 17.4 Å². The van der Waals surface area contributed by atoms with Crippen LogP contribution in [0.1, 0.15) is 12.5 Å². The molecule has 6 nitrogen and oxygen atoms in total. The van der Waals surface area contributed by atoms with E-state index in [2.05, 4.69) is 4.99 Å². The SMILES string of the molecule is CCOC(=O)Cn1c(=NC(=O)C=Cc2ccccc2Cl)sc2cc(OC)ccc21. The van der Waals surface area contributed by atoms with Crippen LogP contribution in [0.3, 0.4) is 0 Å². The molecule has 8 heteroatoms. The van der Waals surface area contributed by atoms with E-state index in [0.717, 1.165) is 15.8 Å². The van der Waals surface area contributed by atoms with E-state index in [0.29, 0.717) is 15.6 Å². The normalized spacial score (nSPS) is 11.9. The van der Waals surface area contributed by atoms with E-state index in [1.54, 1.807) is 42.9 Å². The molecule has 0 fully saturated rings. The molecule has 0 atom stereocenters. The number of benzene rings is 2. The fourth-order valence-corrected chi connectivity index (χ4v) is 3.92. The van der Waals surface area contributed by atoms with Crippen molar-refractivity contribution < 1.29 is 19.1 Å². The Labute approximate surface area is 176 Å². The quantitative estimate of drug-likeness (QED) is 0.436. The van der Waals surface area contributed by atoms with Gasteiger partial charge in [0.05, 0.1) is 23.9 Å². The molecule has 0 aliphatic heterocycles. The first-order valence-corrected chi connectivity index (χ1v) is 10.1. The number of hydrogen-bond donors (Lipinski definition) is 0. The first kappa shape index (κ1) is 20.8. The molecule has 1 heterocycles. The van der Waals surface area contributed by atoms with Crippen LogP contribution in [0.4, 0.5) is 0 Å².